The smallest absolute Gasteiger partial charge is 0.0500 e. The summed E-state index contributed by atoms with van der Waals surface area (Å²) in [6.45, 7) is 10.1. The van der Waals surface area contributed by atoms with Crippen LogP contribution in [-0.4, -0.2) is 26.9 Å². The summed E-state index contributed by atoms with van der Waals surface area (Å²) in [5.74, 6) is 13.9. The molecular weight excluding hydrogens is 464 g/mol. The molecular formula is C36H56O2. The van der Waals surface area contributed by atoms with Crippen LogP contribution in [0.15, 0.2) is 36.5 Å². The molecule has 0 radical (unpaired) electrons. The monoisotopic (exact) mass is 520 g/mol. The van der Waals surface area contributed by atoms with Crippen LogP contribution in [0, 0.1) is 82.9 Å². The van der Waals surface area contributed by atoms with Crippen molar-refractivity contribution in [1.29, 1.82) is 0 Å². The van der Waals surface area contributed by atoms with Crippen molar-refractivity contribution < 1.29 is 9.47 Å². The number of rotatable bonds is 8. The first-order chi connectivity index (χ1) is 18.5. The molecule has 5 fully saturated rings. The second-order valence-corrected chi connectivity index (χ2v) is 14.8. The quantitative estimate of drug-likeness (QED) is 0.181. The Kier molecular flexibility index (Phi) is 8.58. The SMILES string of the molecule is CC1C2C=CC(C2)C1C.CC1CC2CC1C1C3C=CC(C3)C21.COCCCCCOCC1CC2C=CC1C2. The molecule has 0 aliphatic heterocycles. The first kappa shape index (κ1) is 27.3. The summed E-state index contributed by atoms with van der Waals surface area (Å²) in [7, 11) is 1.76. The van der Waals surface area contributed by atoms with E-state index in [2.05, 4.69) is 57.2 Å². The molecule has 0 spiro atoms. The molecule has 14 atom stereocenters. The van der Waals surface area contributed by atoms with Gasteiger partial charge in [0.15, 0.2) is 0 Å². The molecule has 14 unspecified atom stereocenters. The number of methoxy groups -OCH3 is 1. The van der Waals surface area contributed by atoms with Crippen molar-refractivity contribution in [2.75, 3.05) is 26.9 Å². The van der Waals surface area contributed by atoms with Gasteiger partial charge >= 0.3 is 0 Å². The van der Waals surface area contributed by atoms with Gasteiger partial charge in [0, 0.05) is 26.9 Å². The van der Waals surface area contributed by atoms with Crippen molar-refractivity contribution in [1.82, 2.24) is 0 Å². The fourth-order valence-corrected chi connectivity index (χ4v) is 10.6. The van der Waals surface area contributed by atoms with Crippen LogP contribution in [0.2, 0.25) is 0 Å². The predicted molar refractivity (Wildman–Crippen MR) is 158 cm³/mol. The largest absolute Gasteiger partial charge is 0.385 e. The number of allylic oxidation sites excluding steroid dienone is 6. The fraction of sp³-hybridized carbons (Fsp3) is 0.833. The number of hydrogen-bond donors (Lipinski definition) is 0. The second kappa shape index (κ2) is 11.9. The van der Waals surface area contributed by atoms with Crippen molar-refractivity contribution >= 4 is 0 Å². The van der Waals surface area contributed by atoms with Crippen LogP contribution >= 0.6 is 0 Å². The van der Waals surface area contributed by atoms with Crippen LogP contribution < -0.4 is 0 Å². The van der Waals surface area contributed by atoms with Crippen LogP contribution in [0.4, 0.5) is 0 Å². The van der Waals surface area contributed by atoms with E-state index in [0.717, 1.165) is 109 Å². The summed E-state index contributed by atoms with van der Waals surface area (Å²) >= 11 is 0. The number of ether oxygens (including phenoxy) is 2. The van der Waals surface area contributed by atoms with E-state index in [-0.39, 0.29) is 0 Å². The Balaban J connectivity index is 0.000000108. The lowest BCUT2D eigenvalue weighted by atomic mass is 9.70. The van der Waals surface area contributed by atoms with Gasteiger partial charge in [0.2, 0.25) is 0 Å². The summed E-state index contributed by atoms with van der Waals surface area (Å²) in [5, 5.41) is 0. The Hall–Kier alpha value is -0.860. The van der Waals surface area contributed by atoms with Crippen molar-refractivity contribution in [2.45, 2.75) is 78.6 Å². The molecule has 0 aromatic rings. The molecule has 8 aliphatic carbocycles. The predicted octanol–water partition coefficient (Wildman–Crippen LogP) is 8.60. The van der Waals surface area contributed by atoms with Gasteiger partial charge in [-0.25, -0.2) is 0 Å². The zero-order valence-electron chi connectivity index (χ0n) is 24.8. The van der Waals surface area contributed by atoms with E-state index in [1.54, 1.807) is 20.0 Å². The molecule has 0 N–H and O–H groups in total. The molecule has 0 aromatic heterocycles. The van der Waals surface area contributed by atoms with Gasteiger partial charge in [0.1, 0.15) is 0 Å². The molecule has 8 aliphatic rings. The highest BCUT2D eigenvalue weighted by Gasteiger charge is 2.59. The van der Waals surface area contributed by atoms with Crippen LogP contribution in [0.3, 0.4) is 0 Å². The molecule has 2 nitrogen and oxygen atoms in total. The topological polar surface area (TPSA) is 18.5 Å². The minimum Gasteiger partial charge on any atom is -0.385 e. The molecule has 0 amide bonds. The van der Waals surface area contributed by atoms with Crippen molar-refractivity contribution in [3.8, 4) is 0 Å². The van der Waals surface area contributed by atoms with Crippen molar-refractivity contribution in [3.63, 3.8) is 0 Å². The van der Waals surface area contributed by atoms with Gasteiger partial charge in [0.05, 0.1) is 0 Å². The summed E-state index contributed by atoms with van der Waals surface area (Å²) in [6, 6.07) is 0. The Morgan fingerprint density at radius 2 is 1.26 bits per heavy atom. The average Bonchev–Trinajstić information content (AvgIpc) is 3.76. The van der Waals surface area contributed by atoms with Crippen molar-refractivity contribution in [2.24, 2.45) is 82.9 Å². The third-order valence-electron chi connectivity index (χ3n) is 12.8. The van der Waals surface area contributed by atoms with Gasteiger partial charge in [0.25, 0.3) is 0 Å². The van der Waals surface area contributed by atoms with Crippen LogP contribution in [0.25, 0.3) is 0 Å². The fourth-order valence-electron chi connectivity index (χ4n) is 10.6. The maximum Gasteiger partial charge on any atom is 0.0500 e. The zero-order valence-corrected chi connectivity index (χ0v) is 24.8. The Morgan fingerprint density at radius 3 is 1.89 bits per heavy atom. The molecule has 0 aromatic carbocycles. The third-order valence-corrected chi connectivity index (χ3v) is 12.8. The first-order valence-corrected chi connectivity index (χ1v) is 16.6. The molecule has 38 heavy (non-hydrogen) atoms. The van der Waals surface area contributed by atoms with E-state index in [4.69, 9.17) is 9.47 Å². The van der Waals surface area contributed by atoms with Crippen LogP contribution in [0.1, 0.15) is 78.6 Å². The van der Waals surface area contributed by atoms with E-state index in [1.165, 1.54) is 38.5 Å². The minimum absolute atomic E-state index is 0.814. The van der Waals surface area contributed by atoms with Gasteiger partial charge in [-0.2, -0.15) is 0 Å². The molecule has 5 saturated carbocycles. The van der Waals surface area contributed by atoms with Crippen molar-refractivity contribution in [3.05, 3.63) is 36.5 Å². The maximum atomic E-state index is 5.78. The van der Waals surface area contributed by atoms with Gasteiger partial charge in [-0.05, 0) is 141 Å². The summed E-state index contributed by atoms with van der Waals surface area (Å²) in [4.78, 5) is 0. The van der Waals surface area contributed by atoms with Crippen LogP contribution in [-0.2, 0) is 9.47 Å². The molecule has 2 heteroatoms. The van der Waals surface area contributed by atoms with Gasteiger partial charge in [-0.1, -0.05) is 57.2 Å². The summed E-state index contributed by atoms with van der Waals surface area (Å²) in [6.07, 6.45) is 27.1. The lowest BCUT2D eigenvalue weighted by Gasteiger charge is -2.35. The van der Waals surface area contributed by atoms with E-state index < -0.39 is 0 Å². The second-order valence-electron chi connectivity index (χ2n) is 14.8. The van der Waals surface area contributed by atoms with Gasteiger partial charge in [-0.3, -0.25) is 0 Å². The number of hydrogen-bond acceptors (Lipinski definition) is 2. The summed E-state index contributed by atoms with van der Waals surface area (Å²) in [5.41, 5.74) is 0. The Morgan fingerprint density at radius 1 is 0.605 bits per heavy atom. The Bertz CT molecular complexity index is 857. The molecule has 8 rings (SSSR count). The zero-order chi connectivity index (χ0) is 26.2. The normalized spacial score (nSPS) is 48.9. The Labute approximate surface area is 234 Å². The van der Waals surface area contributed by atoms with Crippen LogP contribution in [0.5, 0.6) is 0 Å². The van der Waals surface area contributed by atoms with E-state index in [0.29, 0.717) is 0 Å². The summed E-state index contributed by atoms with van der Waals surface area (Å²) < 4.78 is 10.8. The average molecular weight is 521 g/mol. The van der Waals surface area contributed by atoms with Gasteiger partial charge < -0.3 is 9.47 Å². The molecule has 0 saturated heterocycles. The highest BCUT2D eigenvalue weighted by molar-refractivity contribution is 5.20. The lowest BCUT2D eigenvalue weighted by molar-refractivity contribution is 0.0861. The highest BCUT2D eigenvalue weighted by atomic mass is 16.5. The minimum atomic E-state index is 0.814. The highest BCUT2D eigenvalue weighted by Crippen LogP contribution is 2.66. The first-order valence-electron chi connectivity index (χ1n) is 16.6. The van der Waals surface area contributed by atoms with E-state index >= 15 is 0 Å². The van der Waals surface area contributed by atoms with E-state index in [1.807, 2.05) is 0 Å². The third kappa shape index (κ3) is 5.39. The standard InChI is InChI=1S/C14H24O2.C13H18.C9H14/c1-15-7-3-2-4-8-16-11-14-10-12-5-6-13(14)9-12;1-7-4-10-6-11(7)13-9-3-2-8(5-9)12(10)13;1-6-7(2)9-4-3-8(6)5-9/h5-6,12-14H,2-4,7-11H2,1H3;2-3,7-13H,4-6H2,1H3;3-4,6-9H,5H2,1-2H3. The molecule has 8 bridgehead atoms. The molecule has 212 valence electrons. The maximum absolute atomic E-state index is 5.78. The lowest BCUT2D eigenvalue weighted by Crippen LogP contribution is -2.29. The number of unbranched alkanes of at least 4 members (excludes halogenated alkanes) is 2. The molecule has 0 heterocycles. The van der Waals surface area contributed by atoms with E-state index in [9.17, 15) is 0 Å². The van der Waals surface area contributed by atoms with Gasteiger partial charge in [-0.15, -0.1) is 0 Å². The number of fused-ring (bicyclic) bond motifs is 13.